The van der Waals surface area contributed by atoms with Gasteiger partial charge in [0.1, 0.15) is 11.9 Å². The summed E-state index contributed by atoms with van der Waals surface area (Å²) >= 11 is 0. The Balaban J connectivity index is 1.57. The van der Waals surface area contributed by atoms with Gasteiger partial charge in [0.2, 0.25) is 5.88 Å². The Labute approximate surface area is 206 Å². The smallest absolute Gasteiger partial charge is 0.271 e. The van der Waals surface area contributed by atoms with Gasteiger partial charge in [0.15, 0.2) is 0 Å². The molecule has 188 valence electrons. The van der Waals surface area contributed by atoms with Crippen LogP contribution in [0.1, 0.15) is 36.7 Å². The van der Waals surface area contributed by atoms with Crippen molar-refractivity contribution in [2.24, 2.45) is 7.05 Å². The minimum absolute atomic E-state index is 0.0882. The second kappa shape index (κ2) is 8.75. The number of aryl methyl sites for hydroxylation is 1. The average Bonchev–Trinajstić information content (AvgIpc) is 3.61. The van der Waals surface area contributed by atoms with Gasteiger partial charge in [-0.1, -0.05) is 0 Å². The summed E-state index contributed by atoms with van der Waals surface area (Å²) in [5.74, 6) is 0.0985. The van der Waals surface area contributed by atoms with E-state index in [0.717, 1.165) is 25.1 Å². The summed E-state index contributed by atoms with van der Waals surface area (Å²) in [6.45, 7) is 3.59. The minimum Gasteiger partial charge on any atom is -0.473 e. The number of rotatable bonds is 2. The number of hydrogen-bond acceptors (Lipinski definition) is 6. The first-order valence-electron chi connectivity index (χ1n) is 12.2. The lowest BCUT2D eigenvalue weighted by atomic mass is 10.0. The lowest BCUT2D eigenvalue weighted by molar-refractivity contribution is 0.0920. The highest BCUT2D eigenvalue weighted by molar-refractivity contribution is 5.93. The lowest BCUT2D eigenvalue weighted by Gasteiger charge is -2.30. The molecule has 3 N–H and O–H groups in total. The van der Waals surface area contributed by atoms with Gasteiger partial charge in [-0.15, -0.1) is 0 Å². The molecule has 6 rings (SSSR count). The fourth-order valence-corrected chi connectivity index (χ4v) is 5.49. The number of nitrogens with zero attached hydrogens (tertiary/aromatic N) is 5. The largest absolute Gasteiger partial charge is 0.473 e. The molecule has 1 aromatic carbocycles. The minimum atomic E-state index is -0.404. The number of aromatic amines is 2. The van der Waals surface area contributed by atoms with E-state index in [-0.39, 0.29) is 30.9 Å². The zero-order valence-corrected chi connectivity index (χ0v) is 20.2. The normalized spacial score (nSPS) is 21.0. The molecule has 1 saturated heterocycles. The van der Waals surface area contributed by atoms with Crippen molar-refractivity contribution in [3.8, 4) is 17.0 Å². The maximum Gasteiger partial charge on any atom is 0.271 e. The quantitative estimate of drug-likeness (QED) is 0.395. The molecule has 0 aliphatic carbocycles. The molecule has 0 saturated carbocycles. The Morgan fingerprint density at radius 3 is 2.97 bits per heavy atom. The van der Waals surface area contributed by atoms with E-state index in [9.17, 15) is 9.90 Å². The van der Waals surface area contributed by atoms with Crippen molar-refractivity contribution >= 4 is 23.1 Å². The molecule has 11 heteroatoms. The summed E-state index contributed by atoms with van der Waals surface area (Å²) in [6.07, 6.45) is 6.87. The molecule has 1 fully saturated rings. The third kappa shape index (κ3) is 3.66. The Morgan fingerprint density at radius 1 is 1.28 bits per heavy atom. The molecule has 1 unspecified atom stereocenters. The summed E-state index contributed by atoms with van der Waals surface area (Å²) in [6, 6.07) is 3.25. The van der Waals surface area contributed by atoms with Gasteiger partial charge in [-0.3, -0.25) is 24.6 Å². The van der Waals surface area contributed by atoms with E-state index in [2.05, 4.69) is 25.3 Å². The van der Waals surface area contributed by atoms with E-state index in [4.69, 9.17) is 4.74 Å². The molecule has 5 heterocycles. The van der Waals surface area contributed by atoms with Crippen LogP contribution in [0.3, 0.4) is 0 Å². The second-order valence-corrected chi connectivity index (χ2v) is 9.49. The number of H-pyrrole nitrogens is 2. The molecular weight excluding hydrogens is 465 g/mol. The number of hydrogen-bond donors (Lipinski definition) is 3. The molecule has 36 heavy (non-hydrogen) atoms. The zero-order valence-electron chi connectivity index (χ0n) is 20.2. The van der Waals surface area contributed by atoms with Crippen LogP contribution >= 0.6 is 0 Å². The lowest BCUT2D eigenvalue weighted by Crippen LogP contribution is -2.41. The molecular formula is C25H28FN7O3. The van der Waals surface area contributed by atoms with E-state index >= 15 is 4.39 Å². The molecule has 2 aliphatic rings. The molecule has 10 nitrogen and oxygen atoms in total. The van der Waals surface area contributed by atoms with Crippen molar-refractivity contribution in [2.75, 3.05) is 13.2 Å². The van der Waals surface area contributed by atoms with E-state index in [1.807, 2.05) is 6.92 Å². The third-order valence-corrected chi connectivity index (χ3v) is 7.31. The predicted octanol–water partition coefficient (Wildman–Crippen LogP) is 2.50. The monoisotopic (exact) mass is 493 g/mol. The fraction of sp³-hybridized carbons (Fsp3) is 0.400. The van der Waals surface area contributed by atoms with Crippen LogP contribution in [-0.4, -0.2) is 65.1 Å². The van der Waals surface area contributed by atoms with Crippen LogP contribution in [0.25, 0.3) is 34.2 Å². The molecule has 2 atom stereocenters. The molecule has 3 aromatic heterocycles. The zero-order chi connectivity index (χ0) is 25.0. The molecule has 2 bridgehead atoms. The predicted molar refractivity (Wildman–Crippen MR) is 133 cm³/mol. The highest BCUT2D eigenvalue weighted by atomic mass is 19.1. The Kier molecular flexibility index (Phi) is 5.53. The first-order chi connectivity index (χ1) is 17.4. The third-order valence-electron chi connectivity index (χ3n) is 7.31. The van der Waals surface area contributed by atoms with Gasteiger partial charge in [-0.25, -0.2) is 9.07 Å². The van der Waals surface area contributed by atoms with E-state index < -0.39 is 5.82 Å². The highest BCUT2D eigenvalue weighted by Crippen LogP contribution is 2.36. The van der Waals surface area contributed by atoms with Crippen molar-refractivity contribution in [3.05, 3.63) is 51.5 Å². The maximum absolute atomic E-state index is 15.3. The Bertz CT molecular complexity index is 1530. The van der Waals surface area contributed by atoms with E-state index in [1.54, 1.807) is 40.8 Å². The number of aromatic nitrogens is 6. The maximum atomic E-state index is 15.3. The highest BCUT2D eigenvalue weighted by Gasteiger charge is 2.33. The number of aliphatic hydroxyl groups excluding tert-OH is 1. The van der Waals surface area contributed by atoms with Crippen molar-refractivity contribution in [3.63, 3.8) is 0 Å². The van der Waals surface area contributed by atoms with Crippen LogP contribution in [0, 0.1) is 5.82 Å². The van der Waals surface area contributed by atoms with Crippen molar-refractivity contribution in [2.45, 2.75) is 45.0 Å². The number of fused-ring (bicyclic) bond motifs is 5. The standard InChI is InChI=1S/C25H28FN7O3/c1-14-22-4-3-7-32(22)13-23-15(24(35)30-33(23)8-9-34)5-6-20-17-10-16(19(26)11-21(17)29-28-20)18-12-27-31(2)25(18)36-14/h5-6,10-12,14,22,34H,3-4,7-9,13H2,1-2H3,(H,28,29)(H,30,35)/b6-5+/t14?,22-/m1/s1. The van der Waals surface area contributed by atoms with Gasteiger partial charge in [0.25, 0.3) is 5.56 Å². The van der Waals surface area contributed by atoms with Crippen LogP contribution in [0.15, 0.2) is 23.1 Å². The summed E-state index contributed by atoms with van der Waals surface area (Å²) < 4.78 is 25.1. The van der Waals surface area contributed by atoms with Crippen LogP contribution in [0.5, 0.6) is 5.88 Å². The average molecular weight is 494 g/mol. The summed E-state index contributed by atoms with van der Waals surface area (Å²) in [5.41, 5.74) is 3.17. The van der Waals surface area contributed by atoms with Gasteiger partial charge in [0, 0.05) is 36.7 Å². The van der Waals surface area contributed by atoms with Gasteiger partial charge < -0.3 is 9.84 Å². The topological polar surface area (TPSA) is 117 Å². The molecule has 2 aliphatic heterocycles. The Hall–Kier alpha value is -3.70. The first kappa shape index (κ1) is 22.7. The van der Waals surface area contributed by atoms with Crippen LogP contribution in [0.4, 0.5) is 4.39 Å². The number of benzene rings is 1. The fourth-order valence-electron chi connectivity index (χ4n) is 5.49. The molecule has 0 amide bonds. The van der Waals surface area contributed by atoms with Crippen molar-refractivity contribution in [1.29, 1.82) is 0 Å². The summed E-state index contributed by atoms with van der Waals surface area (Å²) in [4.78, 5) is 15.2. The number of ether oxygens (including phenoxy) is 1. The van der Waals surface area contributed by atoms with E-state index in [0.29, 0.717) is 45.7 Å². The second-order valence-electron chi connectivity index (χ2n) is 9.49. The molecule has 0 radical (unpaired) electrons. The van der Waals surface area contributed by atoms with Gasteiger partial charge in [0.05, 0.1) is 47.4 Å². The van der Waals surface area contributed by atoms with Gasteiger partial charge in [-0.2, -0.15) is 10.2 Å². The number of aliphatic hydroxyl groups is 1. The van der Waals surface area contributed by atoms with Gasteiger partial charge in [-0.05, 0) is 44.5 Å². The summed E-state index contributed by atoms with van der Waals surface area (Å²) in [7, 11) is 1.79. The van der Waals surface area contributed by atoms with Crippen LogP contribution < -0.4 is 10.3 Å². The number of nitrogens with one attached hydrogen (secondary N) is 2. The van der Waals surface area contributed by atoms with Crippen molar-refractivity contribution < 1.29 is 14.2 Å². The van der Waals surface area contributed by atoms with Gasteiger partial charge >= 0.3 is 0 Å². The first-order valence-corrected chi connectivity index (χ1v) is 12.2. The van der Waals surface area contributed by atoms with Crippen LogP contribution in [-0.2, 0) is 20.1 Å². The van der Waals surface area contributed by atoms with E-state index in [1.165, 1.54) is 6.07 Å². The number of halogens is 1. The Morgan fingerprint density at radius 2 is 2.14 bits per heavy atom. The molecule has 4 aromatic rings. The molecule has 0 spiro atoms. The SMILES string of the molecule is CC1Oc2c(cnn2C)-c2cc3c(n[nH]c3cc2F)/C=C/c2c(n(CCO)[nH]c2=O)CN2CCC[C@H]12. The van der Waals surface area contributed by atoms with Crippen molar-refractivity contribution in [1.82, 2.24) is 34.7 Å². The summed E-state index contributed by atoms with van der Waals surface area (Å²) in [5, 5.41) is 24.8. The van der Waals surface area contributed by atoms with Crippen LogP contribution in [0.2, 0.25) is 0 Å².